The van der Waals surface area contributed by atoms with E-state index in [4.69, 9.17) is 10.2 Å². The van der Waals surface area contributed by atoms with Crippen molar-refractivity contribution in [2.45, 2.75) is 58.2 Å². The van der Waals surface area contributed by atoms with Crippen molar-refractivity contribution in [3.8, 4) is 0 Å². The minimum absolute atomic E-state index is 0.00661. The molecule has 2 aromatic rings. The predicted octanol–water partition coefficient (Wildman–Crippen LogP) is 3.56. The lowest BCUT2D eigenvalue weighted by atomic mass is 9.92. The number of ketones is 1. The van der Waals surface area contributed by atoms with Gasteiger partial charge in [-0.15, -0.1) is 11.8 Å². The van der Waals surface area contributed by atoms with E-state index < -0.39 is 22.9 Å². The van der Waals surface area contributed by atoms with Crippen LogP contribution in [0.2, 0.25) is 0 Å². The van der Waals surface area contributed by atoms with Crippen LogP contribution in [0.1, 0.15) is 58.3 Å². The monoisotopic (exact) mass is 542 g/mol. The summed E-state index contributed by atoms with van der Waals surface area (Å²) in [4.78, 5) is 48.0. The van der Waals surface area contributed by atoms with Crippen LogP contribution in [-0.4, -0.2) is 58.6 Å². The van der Waals surface area contributed by atoms with Crippen molar-refractivity contribution >= 4 is 40.7 Å². The summed E-state index contributed by atoms with van der Waals surface area (Å²) in [5.41, 5.74) is 1.34. The zero-order chi connectivity index (χ0) is 28.3. The maximum Gasteiger partial charge on any atom is 0.294 e. The van der Waals surface area contributed by atoms with Crippen molar-refractivity contribution in [3.63, 3.8) is 0 Å². The first-order valence-electron chi connectivity index (χ1n) is 12.4. The lowest BCUT2D eigenvalue weighted by molar-refractivity contribution is -0.127. The Kier molecular flexibility index (Phi) is 11.7. The smallest absolute Gasteiger partial charge is 0.294 e. The van der Waals surface area contributed by atoms with Crippen molar-refractivity contribution < 1.29 is 14.4 Å². The van der Waals surface area contributed by atoms with Gasteiger partial charge in [-0.25, -0.2) is 4.98 Å². The molecule has 0 spiro atoms. The van der Waals surface area contributed by atoms with Crippen LogP contribution in [0.4, 0.5) is 5.82 Å². The molecule has 0 fully saturated rings. The highest BCUT2D eigenvalue weighted by molar-refractivity contribution is 7.99. The van der Waals surface area contributed by atoms with E-state index in [9.17, 15) is 14.4 Å². The van der Waals surface area contributed by atoms with Crippen LogP contribution in [0.5, 0.6) is 0 Å². The first-order chi connectivity index (χ1) is 18.0. The molecule has 1 atom stereocenters. The van der Waals surface area contributed by atoms with Crippen molar-refractivity contribution in [1.82, 2.24) is 14.9 Å². The summed E-state index contributed by atoms with van der Waals surface area (Å²) >= 11 is 1.49. The largest absolute Gasteiger partial charge is 0.399 e. The third-order valence-corrected chi connectivity index (χ3v) is 6.72. The molecule has 38 heavy (non-hydrogen) atoms. The Labute approximate surface area is 228 Å². The number of carbonyl (C=O) groups is 2. The van der Waals surface area contributed by atoms with Crippen LogP contribution in [0.3, 0.4) is 0 Å². The van der Waals surface area contributed by atoms with E-state index in [-0.39, 0.29) is 36.2 Å². The molecule has 11 heteroatoms. The van der Waals surface area contributed by atoms with Crippen LogP contribution in [0.15, 0.2) is 46.5 Å². The normalized spacial score (nSPS) is 12.5. The molecule has 1 heterocycles. The van der Waals surface area contributed by atoms with Gasteiger partial charge in [0.1, 0.15) is 13.2 Å². The molecule has 3 N–H and O–H groups in total. The third kappa shape index (κ3) is 9.13. The summed E-state index contributed by atoms with van der Waals surface area (Å²) in [5, 5.41) is 17.5. The number of Topliss-reactive ketones (excluding diaryl/α,β-unsaturated/α-hetero) is 1. The average molecular weight is 543 g/mol. The number of nitrogens with one attached hydrogen (secondary N) is 3. The number of thioether (sulfide) groups is 1. The van der Waals surface area contributed by atoms with E-state index in [1.807, 2.05) is 51.1 Å². The van der Waals surface area contributed by atoms with Gasteiger partial charge in [0.15, 0.2) is 11.6 Å². The molecule has 1 unspecified atom stereocenters. The van der Waals surface area contributed by atoms with E-state index in [0.717, 1.165) is 5.56 Å². The summed E-state index contributed by atoms with van der Waals surface area (Å²) in [6, 6.07) is 9.04. The molecule has 0 aliphatic rings. The minimum Gasteiger partial charge on any atom is -0.399 e. The number of benzene rings is 1. The molecule has 0 aliphatic carbocycles. The fourth-order valence-electron chi connectivity index (χ4n) is 3.43. The molecule has 1 amide bonds. The van der Waals surface area contributed by atoms with Gasteiger partial charge in [-0.2, -0.15) is 0 Å². The standard InChI is InChI=1S/C27H38N6O4S/c1-7-22(25(35)30-13-20(34)17-38-16-19-11-9-8-10-12-19)33-15-23(27(3,4)5)31-24(26(33)36)29-14-21(28)18(2)32-37-6/h8-12,15,22,28H,7,13-14,16-17H2,1-6H3,(H,29,31)(H,30,35)/b28-21?,32-18-. The molecule has 1 aromatic heterocycles. The quantitative estimate of drug-likeness (QED) is 0.245. The molecule has 206 valence electrons. The van der Waals surface area contributed by atoms with Crippen LogP contribution in [0.25, 0.3) is 0 Å². The molecule has 0 bridgehead atoms. The molecule has 0 saturated heterocycles. The van der Waals surface area contributed by atoms with Crippen molar-refractivity contribution in [3.05, 3.63) is 58.1 Å². The molecular formula is C27H38N6O4S. The molecule has 2 rings (SSSR count). The van der Waals surface area contributed by atoms with Gasteiger partial charge in [0.2, 0.25) is 5.91 Å². The SMILES string of the molecule is CCC(C(=O)NCC(=O)CSCc1ccccc1)n1cc(C(C)(C)C)nc(NCC(=N)/C(C)=N\OC)c1=O. The number of hydrogen-bond acceptors (Lipinski definition) is 9. The summed E-state index contributed by atoms with van der Waals surface area (Å²) in [7, 11) is 1.39. The third-order valence-electron chi connectivity index (χ3n) is 5.66. The summed E-state index contributed by atoms with van der Waals surface area (Å²) in [6.45, 7) is 9.20. The van der Waals surface area contributed by atoms with E-state index in [0.29, 0.717) is 23.6 Å². The Bertz CT molecular complexity index is 1200. The van der Waals surface area contributed by atoms with Crippen LogP contribution in [0, 0.1) is 5.41 Å². The van der Waals surface area contributed by atoms with Crippen molar-refractivity contribution in [2.24, 2.45) is 5.16 Å². The lowest BCUT2D eigenvalue weighted by Gasteiger charge is -2.24. The highest BCUT2D eigenvalue weighted by atomic mass is 32.2. The molecular weight excluding hydrogens is 504 g/mol. The second kappa shape index (κ2) is 14.5. The molecule has 1 aromatic carbocycles. The number of nitrogens with zero attached hydrogens (tertiary/aromatic N) is 3. The fraction of sp³-hybridized carbons (Fsp3) is 0.481. The number of hydrogen-bond donors (Lipinski definition) is 3. The molecule has 0 saturated carbocycles. The lowest BCUT2D eigenvalue weighted by Crippen LogP contribution is -2.41. The predicted molar refractivity (Wildman–Crippen MR) is 153 cm³/mol. The van der Waals surface area contributed by atoms with Gasteiger partial charge in [0.05, 0.1) is 36.0 Å². The molecule has 10 nitrogen and oxygen atoms in total. The van der Waals surface area contributed by atoms with Crippen LogP contribution in [-0.2, 0) is 25.6 Å². The van der Waals surface area contributed by atoms with E-state index in [1.165, 1.54) is 23.4 Å². The molecule has 0 aliphatic heterocycles. The topological polar surface area (TPSA) is 139 Å². The first kappa shape index (κ1) is 30.8. The Balaban J connectivity index is 2.15. The Morgan fingerprint density at radius 1 is 1.21 bits per heavy atom. The van der Waals surface area contributed by atoms with Gasteiger partial charge in [-0.3, -0.25) is 19.0 Å². The number of aromatic nitrogens is 2. The zero-order valence-electron chi connectivity index (χ0n) is 23.0. The van der Waals surface area contributed by atoms with Gasteiger partial charge in [-0.05, 0) is 18.9 Å². The Morgan fingerprint density at radius 2 is 1.89 bits per heavy atom. The summed E-state index contributed by atoms with van der Waals surface area (Å²) in [6.07, 6.45) is 1.94. The van der Waals surface area contributed by atoms with Crippen LogP contribution >= 0.6 is 11.8 Å². The second-order valence-corrected chi connectivity index (χ2v) is 10.8. The molecule has 0 radical (unpaired) electrons. The number of rotatable bonds is 14. The second-order valence-electron chi connectivity index (χ2n) is 9.79. The van der Waals surface area contributed by atoms with Crippen molar-refractivity contribution in [1.29, 1.82) is 5.41 Å². The van der Waals surface area contributed by atoms with E-state index >= 15 is 0 Å². The Morgan fingerprint density at radius 3 is 2.50 bits per heavy atom. The van der Waals surface area contributed by atoms with Gasteiger partial charge in [0.25, 0.3) is 5.56 Å². The Hall–Kier alpha value is -3.47. The summed E-state index contributed by atoms with van der Waals surface area (Å²) < 4.78 is 1.36. The number of anilines is 1. The maximum atomic E-state index is 13.3. The van der Waals surface area contributed by atoms with Crippen molar-refractivity contribution in [2.75, 3.05) is 31.3 Å². The van der Waals surface area contributed by atoms with Gasteiger partial charge in [0, 0.05) is 17.4 Å². The highest BCUT2D eigenvalue weighted by Gasteiger charge is 2.26. The average Bonchev–Trinajstić information content (AvgIpc) is 2.88. The summed E-state index contributed by atoms with van der Waals surface area (Å²) in [5.74, 6) is 0.516. The number of amides is 1. The number of carbonyl (C=O) groups excluding carboxylic acids is 2. The first-order valence-corrected chi connectivity index (χ1v) is 13.6. The highest BCUT2D eigenvalue weighted by Crippen LogP contribution is 2.22. The maximum absolute atomic E-state index is 13.3. The van der Waals surface area contributed by atoms with Gasteiger partial charge >= 0.3 is 0 Å². The zero-order valence-corrected chi connectivity index (χ0v) is 23.8. The van der Waals surface area contributed by atoms with Gasteiger partial charge < -0.3 is 20.9 Å². The van der Waals surface area contributed by atoms with Crippen LogP contribution < -0.4 is 16.2 Å². The number of oxime groups is 1. The van der Waals surface area contributed by atoms with E-state index in [1.54, 1.807) is 20.0 Å². The van der Waals surface area contributed by atoms with E-state index in [2.05, 4.69) is 20.8 Å². The van der Waals surface area contributed by atoms with Gasteiger partial charge in [-0.1, -0.05) is 63.2 Å². The minimum atomic E-state index is -0.826. The fourth-order valence-corrected chi connectivity index (χ4v) is 4.29.